The maximum absolute atomic E-state index is 10.9. The van der Waals surface area contributed by atoms with Crippen LogP contribution in [-0.4, -0.2) is 26.8 Å². The first-order valence-corrected chi connectivity index (χ1v) is 4.40. The normalized spacial score (nSPS) is 13.5. The fraction of sp³-hybridized carbons (Fsp3) is 0.182. The van der Waals surface area contributed by atoms with Crippen molar-refractivity contribution >= 4 is 11.7 Å². The molecule has 0 saturated carbocycles. The van der Waals surface area contributed by atoms with Gasteiger partial charge in [0.15, 0.2) is 17.0 Å². The van der Waals surface area contributed by atoms with Gasteiger partial charge in [0.05, 0.1) is 0 Å². The van der Waals surface area contributed by atoms with Gasteiger partial charge in [-0.05, 0) is 19.1 Å². The van der Waals surface area contributed by atoms with E-state index in [0.717, 1.165) is 0 Å². The van der Waals surface area contributed by atoms with Gasteiger partial charge in [-0.2, -0.15) is 0 Å². The molecule has 0 radical (unpaired) electrons. The Bertz CT molecular complexity index is 464. The fourth-order valence-electron chi connectivity index (χ4n) is 1.04. The number of rotatable bonds is 3. The Labute approximate surface area is 92.3 Å². The molecule has 1 aromatic rings. The second-order valence-electron chi connectivity index (χ2n) is 3.40. The molecule has 0 aliphatic rings. The summed E-state index contributed by atoms with van der Waals surface area (Å²) in [6.07, 6.45) is 5.12. The summed E-state index contributed by atoms with van der Waals surface area (Å²) in [4.78, 5) is 10.9. The van der Waals surface area contributed by atoms with E-state index in [4.69, 9.17) is 16.6 Å². The van der Waals surface area contributed by atoms with Crippen LogP contribution < -0.4 is 5.32 Å². The first-order chi connectivity index (χ1) is 7.39. The standard InChI is InChI=1S/C11H11NO4/c1-3-11(2,10(15)16)12-7-4-5-8(13)9(14)6-7/h1,4-6,12-14H,2H3,(H,15,16). The Balaban J connectivity index is 3.01. The number of carboxylic acids is 1. The van der Waals surface area contributed by atoms with Crippen molar-refractivity contribution in [1.82, 2.24) is 0 Å². The smallest absolute Gasteiger partial charge is 0.341 e. The Hall–Kier alpha value is -2.35. The molecule has 0 amide bonds. The van der Waals surface area contributed by atoms with Crippen LogP contribution in [0.2, 0.25) is 0 Å². The highest BCUT2D eigenvalue weighted by Crippen LogP contribution is 2.28. The predicted molar refractivity (Wildman–Crippen MR) is 58.3 cm³/mol. The Morgan fingerprint density at radius 3 is 2.50 bits per heavy atom. The highest BCUT2D eigenvalue weighted by atomic mass is 16.4. The largest absolute Gasteiger partial charge is 0.504 e. The van der Waals surface area contributed by atoms with E-state index in [1.165, 1.54) is 25.1 Å². The fourth-order valence-corrected chi connectivity index (χ4v) is 1.04. The average Bonchev–Trinajstić information content (AvgIpc) is 2.23. The molecule has 1 atom stereocenters. The van der Waals surface area contributed by atoms with Crippen molar-refractivity contribution in [3.05, 3.63) is 18.2 Å². The van der Waals surface area contributed by atoms with E-state index in [0.29, 0.717) is 5.69 Å². The van der Waals surface area contributed by atoms with Gasteiger partial charge in [-0.3, -0.25) is 0 Å². The van der Waals surface area contributed by atoms with E-state index < -0.39 is 11.5 Å². The minimum Gasteiger partial charge on any atom is -0.504 e. The number of aliphatic carboxylic acids is 1. The number of carbonyl (C=O) groups is 1. The van der Waals surface area contributed by atoms with E-state index in [9.17, 15) is 9.90 Å². The first kappa shape index (κ1) is 11.7. The topological polar surface area (TPSA) is 89.8 Å². The molecule has 1 rings (SSSR count). The zero-order valence-corrected chi connectivity index (χ0v) is 8.56. The third kappa shape index (κ3) is 2.17. The van der Waals surface area contributed by atoms with Crippen molar-refractivity contribution in [2.45, 2.75) is 12.5 Å². The van der Waals surface area contributed by atoms with Crippen LogP contribution in [0, 0.1) is 12.3 Å². The summed E-state index contributed by atoms with van der Waals surface area (Å²) < 4.78 is 0. The molecule has 0 saturated heterocycles. The molecule has 0 aliphatic carbocycles. The molecule has 1 unspecified atom stereocenters. The van der Waals surface area contributed by atoms with Gasteiger partial charge in [0.25, 0.3) is 0 Å². The van der Waals surface area contributed by atoms with Gasteiger partial charge in [0, 0.05) is 11.8 Å². The summed E-state index contributed by atoms with van der Waals surface area (Å²) in [6, 6.07) is 3.83. The molecule has 0 aromatic heterocycles. The van der Waals surface area contributed by atoms with E-state index in [1.807, 2.05) is 0 Å². The Morgan fingerprint density at radius 2 is 2.06 bits per heavy atom. The van der Waals surface area contributed by atoms with Gasteiger partial charge in [-0.15, -0.1) is 6.42 Å². The quantitative estimate of drug-likeness (QED) is 0.347. The van der Waals surface area contributed by atoms with Crippen LogP contribution in [0.5, 0.6) is 11.5 Å². The van der Waals surface area contributed by atoms with Crippen LogP contribution in [0.25, 0.3) is 0 Å². The monoisotopic (exact) mass is 221 g/mol. The lowest BCUT2D eigenvalue weighted by atomic mass is 10.0. The van der Waals surface area contributed by atoms with Crippen molar-refractivity contribution in [2.24, 2.45) is 0 Å². The van der Waals surface area contributed by atoms with Gasteiger partial charge in [0.2, 0.25) is 0 Å². The SMILES string of the molecule is C#CC(C)(Nc1ccc(O)c(O)c1)C(=O)O. The van der Waals surface area contributed by atoms with E-state index >= 15 is 0 Å². The minimum atomic E-state index is -1.57. The lowest BCUT2D eigenvalue weighted by Gasteiger charge is -2.21. The van der Waals surface area contributed by atoms with Gasteiger partial charge in [-0.1, -0.05) is 5.92 Å². The molecule has 1 aromatic carbocycles. The highest BCUT2D eigenvalue weighted by molar-refractivity contribution is 5.86. The molecule has 0 spiro atoms. The molecular formula is C11H11NO4. The van der Waals surface area contributed by atoms with Crippen molar-refractivity contribution in [1.29, 1.82) is 0 Å². The second kappa shape index (κ2) is 4.03. The number of anilines is 1. The predicted octanol–water partition coefficient (Wildman–Crippen LogP) is 0.986. The molecule has 4 N–H and O–H groups in total. The lowest BCUT2D eigenvalue weighted by molar-refractivity contribution is -0.139. The average molecular weight is 221 g/mol. The molecule has 16 heavy (non-hydrogen) atoms. The first-order valence-electron chi connectivity index (χ1n) is 4.40. The van der Waals surface area contributed by atoms with Gasteiger partial charge < -0.3 is 20.6 Å². The molecule has 0 heterocycles. The second-order valence-corrected chi connectivity index (χ2v) is 3.40. The minimum absolute atomic E-state index is 0.289. The number of hydrogen-bond donors (Lipinski definition) is 4. The number of hydrogen-bond acceptors (Lipinski definition) is 4. The van der Waals surface area contributed by atoms with Gasteiger partial charge >= 0.3 is 5.97 Å². The number of aromatic hydroxyl groups is 2. The van der Waals surface area contributed by atoms with Crippen LogP contribution in [0.3, 0.4) is 0 Å². The number of terminal acetylenes is 1. The zero-order chi connectivity index (χ0) is 12.3. The molecule has 84 valence electrons. The van der Waals surface area contributed by atoms with Crippen molar-refractivity contribution < 1.29 is 20.1 Å². The molecule has 0 aliphatic heterocycles. The lowest BCUT2D eigenvalue weighted by Crippen LogP contribution is -2.41. The van der Waals surface area contributed by atoms with Crippen LogP contribution >= 0.6 is 0 Å². The Morgan fingerprint density at radius 1 is 1.44 bits per heavy atom. The number of nitrogens with one attached hydrogen (secondary N) is 1. The van der Waals surface area contributed by atoms with Crippen LogP contribution in [0.1, 0.15) is 6.92 Å². The molecule has 5 nitrogen and oxygen atoms in total. The molecule has 0 bridgehead atoms. The van der Waals surface area contributed by atoms with E-state index in [-0.39, 0.29) is 11.5 Å². The number of benzene rings is 1. The van der Waals surface area contributed by atoms with Gasteiger partial charge in [-0.25, -0.2) is 4.79 Å². The van der Waals surface area contributed by atoms with Gasteiger partial charge in [0.1, 0.15) is 0 Å². The highest BCUT2D eigenvalue weighted by Gasteiger charge is 2.30. The van der Waals surface area contributed by atoms with Crippen molar-refractivity contribution in [2.75, 3.05) is 5.32 Å². The molecular weight excluding hydrogens is 210 g/mol. The van der Waals surface area contributed by atoms with E-state index in [1.54, 1.807) is 0 Å². The number of carboxylic acid groups (broad SMARTS) is 1. The summed E-state index contributed by atoms with van der Waals surface area (Å²) >= 11 is 0. The zero-order valence-electron chi connectivity index (χ0n) is 8.56. The summed E-state index contributed by atoms with van der Waals surface area (Å²) in [5.41, 5.74) is -1.26. The summed E-state index contributed by atoms with van der Waals surface area (Å²) in [5, 5.41) is 29.8. The maximum Gasteiger partial charge on any atom is 0.341 e. The third-order valence-corrected chi connectivity index (χ3v) is 2.09. The molecule has 0 fully saturated rings. The van der Waals surface area contributed by atoms with Crippen LogP contribution in [0.4, 0.5) is 5.69 Å². The Kier molecular flexibility index (Phi) is 2.95. The number of phenolic OH excluding ortho intramolecular Hbond substituents is 2. The third-order valence-electron chi connectivity index (χ3n) is 2.09. The van der Waals surface area contributed by atoms with Crippen molar-refractivity contribution in [3.63, 3.8) is 0 Å². The van der Waals surface area contributed by atoms with E-state index in [2.05, 4.69) is 11.2 Å². The van der Waals surface area contributed by atoms with Crippen molar-refractivity contribution in [3.8, 4) is 23.8 Å². The van der Waals surface area contributed by atoms with Crippen LogP contribution in [-0.2, 0) is 4.79 Å². The maximum atomic E-state index is 10.9. The summed E-state index contributed by atoms with van der Waals surface area (Å²) in [5.74, 6) is 0.259. The summed E-state index contributed by atoms with van der Waals surface area (Å²) in [6.45, 7) is 1.32. The van der Waals surface area contributed by atoms with Crippen LogP contribution in [0.15, 0.2) is 18.2 Å². The molecule has 5 heteroatoms. The summed E-state index contributed by atoms with van der Waals surface area (Å²) in [7, 11) is 0. The number of phenols is 2.